The van der Waals surface area contributed by atoms with Crippen LogP contribution in [0, 0.1) is 20.2 Å². The summed E-state index contributed by atoms with van der Waals surface area (Å²) < 4.78 is 0. The van der Waals surface area contributed by atoms with Crippen LogP contribution >= 0.6 is 0 Å². The Balaban J connectivity index is 0.000000364. The number of rotatable bonds is 2. The van der Waals surface area contributed by atoms with Crippen molar-refractivity contribution in [3.8, 4) is 11.5 Å². The van der Waals surface area contributed by atoms with Crippen molar-refractivity contribution < 1.29 is 49.6 Å². The molecule has 0 amide bonds. The standard InChI is InChI=1S/2C6H5NO3.Na/c2*8-6-4-2-1-3-5(6)7(9)10;/h2*1-4,8H;/q;;+1/p-1. The summed E-state index contributed by atoms with van der Waals surface area (Å²) in [5.41, 5.74) is -0.634. The minimum atomic E-state index is -0.692. The smallest absolute Gasteiger partial charge is 0.868 e. The third-order valence-electron chi connectivity index (χ3n) is 2.14. The zero-order chi connectivity index (χ0) is 15.1. The van der Waals surface area contributed by atoms with E-state index in [1.807, 2.05) is 0 Å². The molecule has 8 nitrogen and oxygen atoms in total. The zero-order valence-corrected chi connectivity index (χ0v) is 13.0. The second kappa shape index (κ2) is 8.90. The van der Waals surface area contributed by atoms with Crippen molar-refractivity contribution in [2.24, 2.45) is 0 Å². The van der Waals surface area contributed by atoms with E-state index in [1.165, 1.54) is 42.5 Å². The molecule has 21 heavy (non-hydrogen) atoms. The fraction of sp³-hybridized carbons (Fsp3) is 0. The Labute approximate surface area is 141 Å². The van der Waals surface area contributed by atoms with Crippen molar-refractivity contribution in [1.82, 2.24) is 0 Å². The molecule has 0 unspecified atom stereocenters. The van der Waals surface area contributed by atoms with Gasteiger partial charge in [0.25, 0.3) is 5.69 Å². The molecule has 0 spiro atoms. The van der Waals surface area contributed by atoms with Gasteiger partial charge in [-0.25, -0.2) is 0 Å². The van der Waals surface area contributed by atoms with E-state index in [2.05, 4.69) is 0 Å². The van der Waals surface area contributed by atoms with Crippen molar-refractivity contribution in [2.45, 2.75) is 0 Å². The molecule has 0 aliphatic rings. The summed E-state index contributed by atoms with van der Waals surface area (Å²) >= 11 is 0. The number of nitrogens with zero attached hydrogens (tertiary/aromatic N) is 2. The molecule has 0 saturated heterocycles. The number of nitro groups is 2. The Morgan fingerprint density at radius 2 is 1.24 bits per heavy atom. The van der Waals surface area contributed by atoms with E-state index >= 15 is 0 Å². The number of para-hydroxylation sites is 4. The van der Waals surface area contributed by atoms with Crippen molar-refractivity contribution in [2.75, 3.05) is 0 Å². The second-order valence-corrected chi connectivity index (χ2v) is 3.47. The average molecular weight is 300 g/mol. The first-order valence-corrected chi connectivity index (χ1v) is 5.26. The summed E-state index contributed by atoms with van der Waals surface area (Å²) in [5, 5.41) is 39.6. The zero-order valence-electron chi connectivity index (χ0n) is 11.0. The Morgan fingerprint density at radius 3 is 1.57 bits per heavy atom. The maximum atomic E-state index is 10.6. The second-order valence-electron chi connectivity index (χ2n) is 3.47. The molecule has 0 heterocycles. The van der Waals surface area contributed by atoms with Gasteiger partial charge < -0.3 is 10.2 Å². The van der Waals surface area contributed by atoms with E-state index in [0.717, 1.165) is 6.07 Å². The van der Waals surface area contributed by atoms with Gasteiger partial charge in [0.1, 0.15) is 0 Å². The van der Waals surface area contributed by atoms with Crippen LogP contribution in [0.1, 0.15) is 0 Å². The molecule has 0 radical (unpaired) electrons. The van der Waals surface area contributed by atoms with Crippen LogP contribution in [0.4, 0.5) is 11.4 Å². The first-order chi connectivity index (χ1) is 9.43. The molecule has 104 valence electrons. The van der Waals surface area contributed by atoms with Crippen LogP contribution in [0.3, 0.4) is 0 Å². The molecular weight excluding hydrogens is 291 g/mol. The maximum Gasteiger partial charge on any atom is 1.00 e. The number of hydrogen-bond donors (Lipinski definition) is 1. The molecule has 0 bridgehead atoms. The molecule has 0 aromatic heterocycles. The van der Waals surface area contributed by atoms with Crippen molar-refractivity contribution in [3.05, 3.63) is 68.8 Å². The largest absolute Gasteiger partial charge is 1.00 e. The topological polar surface area (TPSA) is 130 Å². The van der Waals surface area contributed by atoms with Gasteiger partial charge in [-0.3, -0.25) is 20.2 Å². The molecule has 2 rings (SSSR count). The first kappa shape index (κ1) is 18.8. The van der Waals surface area contributed by atoms with Gasteiger partial charge in [0.05, 0.1) is 9.85 Å². The molecule has 1 N–H and O–H groups in total. The number of nitro benzene ring substituents is 2. The van der Waals surface area contributed by atoms with Gasteiger partial charge in [0.15, 0.2) is 5.75 Å². The first-order valence-electron chi connectivity index (χ1n) is 5.26. The van der Waals surface area contributed by atoms with Crippen molar-refractivity contribution in [3.63, 3.8) is 0 Å². The molecule has 2 aromatic rings. The van der Waals surface area contributed by atoms with Gasteiger partial charge in [0.2, 0.25) is 0 Å². The minimum absolute atomic E-state index is 0. The third kappa shape index (κ3) is 5.78. The van der Waals surface area contributed by atoms with Crippen LogP contribution < -0.4 is 34.7 Å². The van der Waals surface area contributed by atoms with E-state index in [9.17, 15) is 25.3 Å². The van der Waals surface area contributed by atoms with Crippen LogP contribution in [0.5, 0.6) is 11.5 Å². The van der Waals surface area contributed by atoms with Gasteiger partial charge >= 0.3 is 35.2 Å². The maximum absolute atomic E-state index is 10.6. The Hall–Kier alpha value is -2.16. The van der Waals surface area contributed by atoms with Gasteiger partial charge in [-0.05, 0) is 11.8 Å². The normalized spacial score (nSPS) is 8.76. The molecule has 9 heteroatoms. The van der Waals surface area contributed by atoms with Crippen LogP contribution in [0.25, 0.3) is 0 Å². The predicted molar refractivity (Wildman–Crippen MR) is 67.3 cm³/mol. The Morgan fingerprint density at radius 1 is 0.810 bits per heavy atom. The molecule has 0 aliphatic carbocycles. The third-order valence-corrected chi connectivity index (χ3v) is 2.14. The van der Waals surface area contributed by atoms with Gasteiger partial charge in [-0.2, -0.15) is 0 Å². The summed E-state index contributed by atoms with van der Waals surface area (Å²) in [5.74, 6) is -0.847. The quantitative estimate of drug-likeness (QED) is 0.429. The predicted octanol–water partition coefficient (Wildman–Crippen LogP) is -1.03. The van der Waals surface area contributed by atoms with Crippen LogP contribution in [0.2, 0.25) is 0 Å². The number of hydrogen-bond acceptors (Lipinski definition) is 6. The molecule has 2 aromatic carbocycles. The van der Waals surface area contributed by atoms with Gasteiger partial charge in [0, 0.05) is 12.1 Å². The summed E-state index contributed by atoms with van der Waals surface area (Å²) in [7, 11) is 0. The summed E-state index contributed by atoms with van der Waals surface area (Å²) in [6.07, 6.45) is 0. The fourth-order valence-electron chi connectivity index (χ4n) is 1.23. The molecule has 0 atom stereocenters. The Bertz CT molecular complexity index is 579. The number of phenolic OH excluding ortho intramolecular Hbond substituents is 1. The summed E-state index contributed by atoms with van der Waals surface area (Å²) in [4.78, 5) is 18.8. The molecule has 0 saturated carbocycles. The van der Waals surface area contributed by atoms with Crippen LogP contribution in [-0.4, -0.2) is 15.0 Å². The average Bonchev–Trinajstić information content (AvgIpc) is 2.40. The van der Waals surface area contributed by atoms with Gasteiger partial charge in [-0.15, -0.1) is 0 Å². The molecular formula is C12H9N2NaO6. The number of aromatic hydroxyl groups is 1. The van der Waals surface area contributed by atoms with E-state index in [4.69, 9.17) is 5.11 Å². The Kier molecular flexibility index (Phi) is 7.99. The van der Waals surface area contributed by atoms with Crippen molar-refractivity contribution >= 4 is 11.4 Å². The minimum Gasteiger partial charge on any atom is -0.868 e. The van der Waals surface area contributed by atoms with E-state index in [-0.39, 0.29) is 46.7 Å². The van der Waals surface area contributed by atoms with Gasteiger partial charge in [-0.1, -0.05) is 30.3 Å². The monoisotopic (exact) mass is 300 g/mol. The number of benzene rings is 2. The SMILES string of the molecule is O=[N+]([O-])c1ccccc1O.O=[N+]([O-])c1ccccc1[O-].[Na+]. The van der Waals surface area contributed by atoms with Crippen LogP contribution in [0.15, 0.2) is 48.5 Å². The fourth-order valence-corrected chi connectivity index (χ4v) is 1.23. The number of phenols is 1. The van der Waals surface area contributed by atoms with E-state index < -0.39 is 15.6 Å². The van der Waals surface area contributed by atoms with E-state index in [0.29, 0.717) is 0 Å². The molecule has 0 fully saturated rings. The van der Waals surface area contributed by atoms with Crippen LogP contribution in [-0.2, 0) is 0 Å². The van der Waals surface area contributed by atoms with E-state index in [1.54, 1.807) is 0 Å². The molecule has 0 aliphatic heterocycles. The van der Waals surface area contributed by atoms with Crippen molar-refractivity contribution in [1.29, 1.82) is 0 Å². The summed E-state index contributed by atoms with van der Waals surface area (Å²) in [6.45, 7) is 0. The summed E-state index contributed by atoms with van der Waals surface area (Å²) in [6, 6.07) is 10.8.